The van der Waals surface area contributed by atoms with Crippen molar-refractivity contribution in [1.29, 1.82) is 0 Å². The van der Waals surface area contributed by atoms with Crippen LogP contribution in [0.4, 0.5) is 35.5 Å². The van der Waals surface area contributed by atoms with Crippen molar-refractivity contribution in [2.24, 2.45) is 5.41 Å². The molecule has 212 valence electrons. The van der Waals surface area contributed by atoms with Crippen LogP contribution in [0.3, 0.4) is 0 Å². The quantitative estimate of drug-likeness (QED) is 0.448. The second kappa shape index (κ2) is 9.65. The summed E-state index contributed by atoms with van der Waals surface area (Å²) in [5.41, 5.74) is -3.66. The van der Waals surface area contributed by atoms with Gasteiger partial charge in [0.15, 0.2) is 0 Å². The lowest BCUT2D eigenvalue weighted by Gasteiger charge is -2.30. The van der Waals surface area contributed by atoms with Crippen molar-refractivity contribution in [2.45, 2.75) is 55.6 Å². The van der Waals surface area contributed by atoms with Gasteiger partial charge in [-0.25, -0.2) is 39.9 Å². The number of benzene rings is 2. The zero-order chi connectivity index (χ0) is 28.3. The largest absolute Gasteiger partial charge is 0.350 e. The van der Waals surface area contributed by atoms with Crippen molar-refractivity contribution in [2.75, 3.05) is 13.1 Å². The van der Waals surface area contributed by atoms with E-state index in [1.54, 1.807) is 0 Å². The van der Waals surface area contributed by atoms with Crippen molar-refractivity contribution in [3.8, 4) is 11.1 Å². The third-order valence-corrected chi connectivity index (χ3v) is 8.72. The molecule has 3 aliphatic rings. The summed E-state index contributed by atoms with van der Waals surface area (Å²) >= 11 is 0. The van der Waals surface area contributed by atoms with Gasteiger partial charge in [0.1, 0.15) is 28.9 Å². The second-order valence-electron chi connectivity index (χ2n) is 10.6. The standard InChI is InChI=1S/C25H24F7N3O3S/c26-15-5-13(6-16(27)9-15)18-10-17(28)7-14(20(18)29)8-19-21(34-39(37,38)22(30)31)24(1-2-24)12-35(19)23(36)33-11-25(32)3-4-25/h5-7,9-10,19,21-22,34H,1-4,8,11-12H2,(H,33,36)/t19-,21+/m0/s1. The lowest BCUT2D eigenvalue weighted by molar-refractivity contribution is 0.182. The highest BCUT2D eigenvalue weighted by Crippen LogP contribution is 2.56. The highest BCUT2D eigenvalue weighted by Gasteiger charge is 2.62. The fraction of sp³-hybridized carbons (Fsp3) is 0.480. The van der Waals surface area contributed by atoms with E-state index in [9.17, 15) is 39.6 Å². The number of hydrogen-bond donors (Lipinski definition) is 2. The van der Waals surface area contributed by atoms with Crippen LogP contribution in [0.1, 0.15) is 31.2 Å². The number of halogens is 7. The zero-order valence-electron chi connectivity index (χ0n) is 20.3. The van der Waals surface area contributed by atoms with Crippen LogP contribution in [-0.2, 0) is 16.4 Å². The molecule has 39 heavy (non-hydrogen) atoms. The number of nitrogens with one attached hydrogen (secondary N) is 2. The minimum absolute atomic E-state index is 0.0852. The molecule has 1 heterocycles. The molecule has 0 bridgehead atoms. The van der Waals surface area contributed by atoms with Gasteiger partial charge in [-0.2, -0.15) is 8.78 Å². The van der Waals surface area contributed by atoms with Crippen LogP contribution in [0.5, 0.6) is 0 Å². The molecule has 2 atom stereocenters. The van der Waals surface area contributed by atoms with E-state index >= 15 is 4.39 Å². The lowest BCUT2D eigenvalue weighted by Crippen LogP contribution is -2.53. The lowest BCUT2D eigenvalue weighted by atomic mass is 9.91. The van der Waals surface area contributed by atoms with Crippen molar-refractivity contribution in [3.63, 3.8) is 0 Å². The van der Waals surface area contributed by atoms with Crippen LogP contribution in [0.25, 0.3) is 11.1 Å². The predicted octanol–water partition coefficient (Wildman–Crippen LogP) is 4.64. The van der Waals surface area contributed by atoms with Crippen molar-refractivity contribution in [1.82, 2.24) is 14.9 Å². The summed E-state index contributed by atoms with van der Waals surface area (Å²) in [7, 11) is -5.14. The first-order valence-electron chi connectivity index (χ1n) is 12.2. The summed E-state index contributed by atoms with van der Waals surface area (Å²) in [6, 6.07) is 0.299. The van der Waals surface area contributed by atoms with Crippen LogP contribution in [-0.4, -0.2) is 55.9 Å². The molecule has 2 aliphatic carbocycles. The Balaban J connectivity index is 1.52. The highest BCUT2D eigenvalue weighted by molar-refractivity contribution is 7.89. The summed E-state index contributed by atoms with van der Waals surface area (Å²) in [4.78, 5) is 14.2. The minimum Gasteiger partial charge on any atom is -0.335 e. The van der Waals surface area contributed by atoms with Gasteiger partial charge in [0.05, 0.1) is 18.6 Å². The van der Waals surface area contributed by atoms with Gasteiger partial charge in [-0.3, -0.25) is 0 Å². The SMILES string of the molecule is O=C(NCC1(F)CC1)N1CC2(CC2)[C@H](NS(=O)(=O)C(F)F)[C@@H]1Cc1cc(F)cc(-c2cc(F)cc(F)c2)c1F. The van der Waals surface area contributed by atoms with Gasteiger partial charge >= 0.3 is 11.8 Å². The maximum absolute atomic E-state index is 15.7. The first-order valence-corrected chi connectivity index (χ1v) is 13.7. The molecule has 2 saturated carbocycles. The van der Waals surface area contributed by atoms with Gasteiger partial charge in [-0.1, -0.05) is 0 Å². The fourth-order valence-electron chi connectivity index (χ4n) is 5.24. The van der Waals surface area contributed by atoms with Crippen LogP contribution in [0, 0.1) is 28.7 Å². The van der Waals surface area contributed by atoms with Crippen molar-refractivity contribution >= 4 is 16.1 Å². The molecule has 14 heteroatoms. The van der Waals surface area contributed by atoms with Gasteiger partial charge < -0.3 is 10.2 Å². The number of urea groups is 1. The molecule has 2 aromatic carbocycles. The molecule has 0 aromatic heterocycles. The fourth-order valence-corrected chi connectivity index (χ4v) is 6.11. The minimum atomic E-state index is -5.14. The molecule has 3 fully saturated rings. The summed E-state index contributed by atoms with van der Waals surface area (Å²) in [6.07, 6.45) is 0.706. The number of hydrogen-bond acceptors (Lipinski definition) is 3. The molecule has 0 unspecified atom stereocenters. The first kappa shape index (κ1) is 27.7. The van der Waals surface area contributed by atoms with Gasteiger partial charge in [0.2, 0.25) is 0 Å². The van der Waals surface area contributed by atoms with E-state index in [4.69, 9.17) is 0 Å². The van der Waals surface area contributed by atoms with E-state index < -0.39 is 80.2 Å². The first-order chi connectivity index (χ1) is 18.2. The van der Waals surface area contributed by atoms with Gasteiger partial charge in [0, 0.05) is 23.6 Å². The number of amides is 2. The summed E-state index contributed by atoms with van der Waals surface area (Å²) < 4.78 is 125. The zero-order valence-corrected chi connectivity index (χ0v) is 21.1. The van der Waals surface area contributed by atoms with Crippen LogP contribution in [0.2, 0.25) is 0 Å². The molecular weight excluding hydrogens is 555 g/mol. The predicted molar refractivity (Wildman–Crippen MR) is 126 cm³/mol. The number of rotatable bonds is 8. The van der Waals surface area contributed by atoms with E-state index in [1.165, 1.54) is 0 Å². The Morgan fingerprint density at radius 1 is 0.974 bits per heavy atom. The Labute approximate surface area is 219 Å². The maximum atomic E-state index is 15.7. The molecule has 2 aromatic rings. The van der Waals surface area contributed by atoms with Crippen molar-refractivity contribution in [3.05, 3.63) is 59.2 Å². The number of carbonyl (C=O) groups is 1. The van der Waals surface area contributed by atoms with Crippen molar-refractivity contribution < 1.29 is 43.9 Å². The van der Waals surface area contributed by atoms with E-state index in [2.05, 4.69) is 5.32 Å². The normalized spacial score (nSPS) is 22.9. The smallest absolute Gasteiger partial charge is 0.335 e. The Morgan fingerprint density at radius 3 is 2.15 bits per heavy atom. The summed E-state index contributed by atoms with van der Waals surface area (Å²) in [6.45, 7) is -0.406. The molecule has 2 amide bonds. The number of alkyl halides is 3. The Bertz CT molecular complexity index is 1390. The monoisotopic (exact) mass is 579 g/mol. The average Bonchev–Trinajstić information content (AvgIpc) is 3.76. The molecule has 0 radical (unpaired) electrons. The summed E-state index contributed by atoms with van der Waals surface area (Å²) in [5, 5.41) is 2.43. The molecular formula is C25H24F7N3O3S. The average molecular weight is 580 g/mol. The highest BCUT2D eigenvalue weighted by atomic mass is 32.2. The third kappa shape index (κ3) is 5.58. The van der Waals surface area contributed by atoms with Gasteiger partial charge in [-0.15, -0.1) is 0 Å². The summed E-state index contributed by atoms with van der Waals surface area (Å²) in [5.74, 6) is -7.92. The van der Waals surface area contributed by atoms with Gasteiger partial charge in [0.25, 0.3) is 10.0 Å². The Morgan fingerprint density at radius 2 is 1.59 bits per heavy atom. The Hall–Kier alpha value is -2.87. The number of likely N-dealkylation sites (tertiary alicyclic amines) is 1. The van der Waals surface area contributed by atoms with Gasteiger partial charge in [-0.05, 0) is 67.5 Å². The number of nitrogens with zero attached hydrogens (tertiary/aromatic N) is 1. The third-order valence-electron chi connectivity index (χ3n) is 7.67. The molecule has 6 nitrogen and oxygen atoms in total. The Kier molecular flexibility index (Phi) is 6.85. The van der Waals surface area contributed by atoms with Crippen LogP contribution >= 0.6 is 0 Å². The second-order valence-corrected chi connectivity index (χ2v) is 12.2. The van der Waals surface area contributed by atoms with E-state index in [-0.39, 0.29) is 37.1 Å². The number of sulfonamides is 1. The molecule has 1 aliphatic heterocycles. The van der Waals surface area contributed by atoms with E-state index in [0.29, 0.717) is 18.9 Å². The van der Waals surface area contributed by atoms with E-state index in [0.717, 1.165) is 29.2 Å². The van der Waals surface area contributed by atoms with Crippen LogP contribution in [0.15, 0.2) is 30.3 Å². The molecule has 1 spiro atoms. The molecule has 2 N–H and O–H groups in total. The maximum Gasteiger partial charge on any atom is 0.350 e. The van der Waals surface area contributed by atoms with E-state index in [1.807, 2.05) is 4.72 Å². The molecule has 5 rings (SSSR count). The topological polar surface area (TPSA) is 78.5 Å². The molecule has 1 saturated heterocycles. The number of carbonyl (C=O) groups excluding carboxylic acids is 1. The van der Waals surface area contributed by atoms with Crippen LogP contribution < -0.4 is 10.0 Å².